The van der Waals surface area contributed by atoms with Gasteiger partial charge in [0.25, 0.3) is 0 Å². The molecule has 0 atom stereocenters. The second kappa shape index (κ2) is 9.69. The van der Waals surface area contributed by atoms with Gasteiger partial charge in [-0.3, -0.25) is 0 Å². The zero-order valence-electron chi connectivity index (χ0n) is 17.3. The number of rotatable bonds is 2. The van der Waals surface area contributed by atoms with E-state index in [1.807, 2.05) is 0 Å². The van der Waals surface area contributed by atoms with Gasteiger partial charge in [-0.25, -0.2) is 0 Å². The minimum absolute atomic E-state index is 0.156. The first-order valence-electron chi connectivity index (χ1n) is 9.68. The van der Waals surface area contributed by atoms with Crippen LogP contribution in [0.4, 0.5) is 0 Å². The monoisotopic (exact) mass is 497 g/mol. The first-order valence-corrected chi connectivity index (χ1v) is 16.0. The molecule has 0 aliphatic heterocycles. The van der Waals surface area contributed by atoms with Gasteiger partial charge in [0.05, 0.1) is 0 Å². The predicted molar refractivity (Wildman–Crippen MR) is 126 cm³/mol. The van der Waals surface area contributed by atoms with Crippen molar-refractivity contribution in [2.24, 2.45) is 0 Å². The number of hydrogen-bond acceptors (Lipinski definition) is 0. The van der Waals surface area contributed by atoms with Crippen LogP contribution in [0.25, 0.3) is 33.0 Å². The quantitative estimate of drug-likeness (QED) is 0.242. The molecule has 0 bridgehead atoms. The SMILES string of the molecule is Cc1ccc2[cH-]c(C(C)(C)C)cc2c1-c1ccccc1-c1ccccc1.[Cl][Zr][Cl]. The molecule has 148 valence electrons. The summed E-state index contributed by atoms with van der Waals surface area (Å²) in [6.45, 7) is 9.07. The Labute approximate surface area is 192 Å². The molecule has 0 nitrogen and oxygen atoms in total. The molecule has 4 rings (SSSR count). The van der Waals surface area contributed by atoms with Gasteiger partial charge in [-0.2, -0.15) is 6.07 Å². The van der Waals surface area contributed by atoms with E-state index in [2.05, 4.69) is 107 Å². The Hall–Kier alpha value is -1.27. The van der Waals surface area contributed by atoms with Crippen LogP contribution in [0.15, 0.2) is 78.9 Å². The van der Waals surface area contributed by atoms with Crippen molar-refractivity contribution in [2.45, 2.75) is 33.1 Å². The molecular weight excluding hydrogens is 474 g/mol. The third kappa shape index (κ3) is 5.08. The summed E-state index contributed by atoms with van der Waals surface area (Å²) >= 11 is -0.826. The van der Waals surface area contributed by atoms with Crippen LogP contribution in [-0.2, 0) is 26.3 Å². The Morgan fingerprint density at radius 3 is 2.00 bits per heavy atom. The van der Waals surface area contributed by atoms with Crippen molar-refractivity contribution in [1.82, 2.24) is 0 Å². The number of aryl methyl sites for hydroxylation is 1. The van der Waals surface area contributed by atoms with Crippen LogP contribution in [0, 0.1) is 6.92 Å². The third-order valence-electron chi connectivity index (χ3n) is 5.25. The van der Waals surface area contributed by atoms with E-state index in [0.717, 1.165) is 0 Å². The van der Waals surface area contributed by atoms with Crippen LogP contribution in [0.2, 0.25) is 0 Å². The molecule has 29 heavy (non-hydrogen) atoms. The number of fused-ring (bicyclic) bond motifs is 1. The van der Waals surface area contributed by atoms with Crippen molar-refractivity contribution in [3.05, 3.63) is 90.0 Å². The van der Waals surface area contributed by atoms with Gasteiger partial charge >= 0.3 is 37.9 Å². The molecule has 4 aromatic carbocycles. The molecule has 0 unspecified atom stereocenters. The van der Waals surface area contributed by atoms with Crippen molar-refractivity contribution < 1.29 is 20.8 Å². The van der Waals surface area contributed by atoms with Crippen LogP contribution < -0.4 is 0 Å². The van der Waals surface area contributed by atoms with Gasteiger partial charge in [0, 0.05) is 0 Å². The van der Waals surface area contributed by atoms with Crippen LogP contribution in [0.3, 0.4) is 0 Å². The summed E-state index contributed by atoms with van der Waals surface area (Å²) in [6, 6.07) is 28.7. The predicted octanol–water partition coefficient (Wildman–Crippen LogP) is 8.88. The van der Waals surface area contributed by atoms with Gasteiger partial charge in [-0.15, -0.1) is 34.5 Å². The molecule has 0 spiro atoms. The summed E-state index contributed by atoms with van der Waals surface area (Å²) in [7, 11) is 9.87. The maximum absolute atomic E-state index is 4.93. The van der Waals surface area contributed by atoms with E-state index >= 15 is 0 Å². The van der Waals surface area contributed by atoms with E-state index in [4.69, 9.17) is 17.0 Å². The zero-order chi connectivity index (χ0) is 21.0. The van der Waals surface area contributed by atoms with Gasteiger partial charge in [-0.05, 0) is 29.0 Å². The summed E-state index contributed by atoms with van der Waals surface area (Å²) in [5, 5.41) is 2.69. The van der Waals surface area contributed by atoms with Crippen molar-refractivity contribution in [3.63, 3.8) is 0 Å². The van der Waals surface area contributed by atoms with Crippen LogP contribution in [-0.4, -0.2) is 0 Å². The Morgan fingerprint density at radius 2 is 1.38 bits per heavy atom. The molecule has 0 heterocycles. The van der Waals surface area contributed by atoms with E-state index in [1.54, 1.807) is 0 Å². The van der Waals surface area contributed by atoms with Gasteiger partial charge in [-0.1, -0.05) is 86.5 Å². The van der Waals surface area contributed by atoms with Crippen LogP contribution in [0.5, 0.6) is 0 Å². The summed E-state index contributed by atoms with van der Waals surface area (Å²) in [5.41, 5.74) is 8.11. The van der Waals surface area contributed by atoms with Crippen LogP contribution >= 0.6 is 17.0 Å². The molecule has 0 saturated heterocycles. The van der Waals surface area contributed by atoms with E-state index in [9.17, 15) is 0 Å². The standard InChI is InChI=1S/C26H25.2ClH.Zr/c1-18-14-15-20-16-21(26(2,3)4)17-24(20)25(18)23-13-9-8-12-22(23)19-10-6-5-7-11-19;;;/h5-17H,1-4H3;2*1H;/q-1;;;+2/p-2. The molecule has 3 heteroatoms. The van der Waals surface area contributed by atoms with Crippen molar-refractivity contribution in [2.75, 3.05) is 0 Å². The van der Waals surface area contributed by atoms with Gasteiger partial charge in [0.15, 0.2) is 0 Å². The molecule has 0 aromatic heterocycles. The molecule has 0 aliphatic rings. The van der Waals surface area contributed by atoms with E-state index < -0.39 is 20.8 Å². The fourth-order valence-corrected chi connectivity index (χ4v) is 3.75. The zero-order valence-corrected chi connectivity index (χ0v) is 21.2. The molecule has 4 aromatic rings. The first-order chi connectivity index (χ1) is 13.9. The fourth-order valence-electron chi connectivity index (χ4n) is 3.75. The van der Waals surface area contributed by atoms with E-state index in [1.165, 1.54) is 44.2 Å². The topological polar surface area (TPSA) is 0 Å². The number of benzene rings is 3. The van der Waals surface area contributed by atoms with Crippen molar-refractivity contribution in [3.8, 4) is 22.3 Å². The summed E-state index contributed by atoms with van der Waals surface area (Å²) in [4.78, 5) is 0. The summed E-state index contributed by atoms with van der Waals surface area (Å²) in [5.74, 6) is 0. The normalized spacial score (nSPS) is 11.1. The second-order valence-corrected chi connectivity index (χ2v) is 12.0. The van der Waals surface area contributed by atoms with E-state index in [0.29, 0.717) is 0 Å². The van der Waals surface area contributed by atoms with Crippen molar-refractivity contribution in [1.29, 1.82) is 0 Å². The molecule has 0 radical (unpaired) electrons. The van der Waals surface area contributed by atoms with Crippen molar-refractivity contribution >= 4 is 27.8 Å². The Bertz CT molecular complexity index is 1090. The Kier molecular flexibility index (Phi) is 7.49. The van der Waals surface area contributed by atoms with Gasteiger partial charge in [0.1, 0.15) is 0 Å². The van der Waals surface area contributed by atoms with E-state index in [-0.39, 0.29) is 5.41 Å². The molecule has 0 aliphatic carbocycles. The molecule has 0 fully saturated rings. The summed E-state index contributed by atoms with van der Waals surface area (Å²) < 4.78 is 0. The van der Waals surface area contributed by atoms with Gasteiger partial charge < -0.3 is 0 Å². The number of hydrogen-bond donors (Lipinski definition) is 0. The fraction of sp³-hybridized carbons (Fsp3) is 0.192. The molecule has 0 amide bonds. The first kappa shape index (κ1) is 22.4. The van der Waals surface area contributed by atoms with Crippen LogP contribution in [0.1, 0.15) is 31.9 Å². The molecular formula is C26H25Cl2Zr-. The average molecular weight is 500 g/mol. The maximum atomic E-state index is 4.93. The van der Waals surface area contributed by atoms with Gasteiger partial charge in [0.2, 0.25) is 0 Å². The second-order valence-electron chi connectivity index (χ2n) is 8.24. The third-order valence-corrected chi connectivity index (χ3v) is 5.25. The average Bonchev–Trinajstić information content (AvgIpc) is 3.14. The summed E-state index contributed by atoms with van der Waals surface area (Å²) in [6.07, 6.45) is 0. The molecule has 0 saturated carbocycles. The Morgan fingerprint density at radius 1 is 0.793 bits per heavy atom. The Balaban J connectivity index is 0.000000755. The number of halogens is 2. The molecule has 0 N–H and O–H groups in total. The minimum atomic E-state index is -0.826.